The highest BCUT2D eigenvalue weighted by molar-refractivity contribution is 9.10. The molecule has 0 radical (unpaired) electrons. The molecule has 0 fully saturated rings. The van der Waals surface area contributed by atoms with Gasteiger partial charge < -0.3 is 19.2 Å². The van der Waals surface area contributed by atoms with Crippen LogP contribution in [0.5, 0.6) is 11.5 Å². The van der Waals surface area contributed by atoms with Crippen molar-refractivity contribution in [2.75, 3.05) is 19.5 Å². The number of benzene rings is 3. The van der Waals surface area contributed by atoms with E-state index in [1.165, 1.54) is 5.56 Å². The third-order valence-corrected chi connectivity index (χ3v) is 6.24. The Morgan fingerprint density at radius 1 is 1.03 bits per heavy atom. The number of carbonyl (C=O) groups is 1. The molecule has 0 saturated heterocycles. The van der Waals surface area contributed by atoms with E-state index in [-0.39, 0.29) is 11.0 Å². The molecule has 1 heterocycles. The molecule has 180 valence electrons. The minimum atomic E-state index is -0.360. The standard InChI is InChI=1S/C26H24BrN3O4S/c1-14(2)15-5-10-23-20(12-15)28-25(34-23)17-7-9-22(33-4)19(13-17)29-26(35)30-24(31)16-6-8-21(32-3)18(27)11-16/h5-14H,1-4H3,(H2,29,30,31,35). The number of halogens is 1. The summed E-state index contributed by atoms with van der Waals surface area (Å²) in [5, 5.41) is 5.84. The van der Waals surface area contributed by atoms with Crippen molar-refractivity contribution in [1.29, 1.82) is 0 Å². The molecule has 1 aromatic heterocycles. The monoisotopic (exact) mass is 553 g/mol. The summed E-state index contributed by atoms with van der Waals surface area (Å²) in [4.78, 5) is 17.3. The normalized spacial score (nSPS) is 10.9. The van der Waals surface area contributed by atoms with Crippen LogP contribution in [0.3, 0.4) is 0 Å². The van der Waals surface area contributed by atoms with Crippen molar-refractivity contribution < 1.29 is 18.7 Å². The number of nitrogens with one attached hydrogen (secondary N) is 2. The number of carbonyl (C=O) groups excluding carboxylic acids is 1. The van der Waals surface area contributed by atoms with Gasteiger partial charge in [-0.3, -0.25) is 10.1 Å². The third-order valence-electron chi connectivity index (χ3n) is 5.41. The lowest BCUT2D eigenvalue weighted by Gasteiger charge is -2.14. The lowest BCUT2D eigenvalue weighted by atomic mass is 10.0. The number of hydrogen-bond donors (Lipinski definition) is 2. The minimum absolute atomic E-state index is 0.122. The SMILES string of the molecule is COc1ccc(C(=O)NC(=S)Nc2cc(-c3nc4cc(C(C)C)ccc4o3)ccc2OC)cc1Br. The van der Waals surface area contributed by atoms with Crippen LogP contribution in [-0.4, -0.2) is 30.2 Å². The van der Waals surface area contributed by atoms with Crippen molar-refractivity contribution in [1.82, 2.24) is 10.3 Å². The van der Waals surface area contributed by atoms with Crippen molar-refractivity contribution in [2.45, 2.75) is 19.8 Å². The van der Waals surface area contributed by atoms with Crippen LogP contribution in [0.2, 0.25) is 0 Å². The molecule has 0 spiro atoms. The Morgan fingerprint density at radius 3 is 2.46 bits per heavy atom. The van der Waals surface area contributed by atoms with Gasteiger partial charge in [0.2, 0.25) is 5.89 Å². The fourth-order valence-electron chi connectivity index (χ4n) is 3.50. The summed E-state index contributed by atoms with van der Waals surface area (Å²) in [5.74, 6) is 1.69. The van der Waals surface area contributed by atoms with E-state index in [0.29, 0.717) is 44.6 Å². The number of rotatable bonds is 6. The maximum atomic E-state index is 12.7. The smallest absolute Gasteiger partial charge is 0.257 e. The van der Waals surface area contributed by atoms with E-state index >= 15 is 0 Å². The van der Waals surface area contributed by atoms with Gasteiger partial charge in [-0.25, -0.2) is 4.98 Å². The molecular formula is C26H24BrN3O4S. The van der Waals surface area contributed by atoms with Crippen LogP contribution in [0.4, 0.5) is 5.69 Å². The highest BCUT2D eigenvalue weighted by Gasteiger charge is 2.15. The Hall–Kier alpha value is -3.43. The van der Waals surface area contributed by atoms with Crippen LogP contribution in [-0.2, 0) is 0 Å². The van der Waals surface area contributed by atoms with Crippen molar-refractivity contribution in [2.24, 2.45) is 0 Å². The van der Waals surface area contributed by atoms with Gasteiger partial charge in [-0.15, -0.1) is 0 Å². The Kier molecular flexibility index (Phi) is 7.37. The zero-order valence-electron chi connectivity index (χ0n) is 19.6. The molecule has 0 aliphatic carbocycles. The molecule has 0 saturated carbocycles. The van der Waals surface area contributed by atoms with Crippen LogP contribution in [0.25, 0.3) is 22.6 Å². The summed E-state index contributed by atoms with van der Waals surface area (Å²) in [6, 6.07) is 16.5. The molecule has 9 heteroatoms. The van der Waals surface area contributed by atoms with Crippen LogP contribution in [0, 0.1) is 0 Å². The number of nitrogens with zero attached hydrogens (tertiary/aromatic N) is 1. The Labute approximate surface area is 217 Å². The van der Waals surface area contributed by atoms with E-state index in [1.54, 1.807) is 38.5 Å². The molecular weight excluding hydrogens is 530 g/mol. The quantitative estimate of drug-likeness (QED) is 0.262. The Balaban J connectivity index is 1.55. The first-order valence-corrected chi connectivity index (χ1v) is 12.0. The average molecular weight is 554 g/mol. The number of hydrogen-bond acceptors (Lipinski definition) is 6. The molecule has 35 heavy (non-hydrogen) atoms. The molecule has 0 atom stereocenters. The predicted molar refractivity (Wildman–Crippen MR) is 144 cm³/mol. The molecule has 0 bridgehead atoms. The summed E-state index contributed by atoms with van der Waals surface area (Å²) in [6.07, 6.45) is 0. The number of methoxy groups -OCH3 is 2. The second kappa shape index (κ2) is 10.5. The summed E-state index contributed by atoms with van der Waals surface area (Å²) in [7, 11) is 3.12. The number of thiocarbonyl (C=S) groups is 1. The van der Waals surface area contributed by atoms with E-state index in [2.05, 4.69) is 45.4 Å². The highest BCUT2D eigenvalue weighted by atomic mass is 79.9. The van der Waals surface area contributed by atoms with Gasteiger partial charge in [-0.1, -0.05) is 19.9 Å². The van der Waals surface area contributed by atoms with Gasteiger partial charge >= 0.3 is 0 Å². The first-order valence-electron chi connectivity index (χ1n) is 10.8. The van der Waals surface area contributed by atoms with Crippen molar-refractivity contribution in [3.05, 3.63) is 70.2 Å². The van der Waals surface area contributed by atoms with Gasteiger partial charge in [0.1, 0.15) is 17.0 Å². The van der Waals surface area contributed by atoms with Gasteiger partial charge in [-0.05, 0) is 88.2 Å². The van der Waals surface area contributed by atoms with Crippen LogP contribution >= 0.6 is 28.1 Å². The largest absolute Gasteiger partial charge is 0.496 e. The zero-order chi connectivity index (χ0) is 25.1. The second-order valence-corrected chi connectivity index (χ2v) is 9.34. The summed E-state index contributed by atoms with van der Waals surface area (Å²) < 4.78 is 17.3. The maximum Gasteiger partial charge on any atom is 0.257 e. The summed E-state index contributed by atoms with van der Waals surface area (Å²) >= 11 is 8.76. The van der Waals surface area contributed by atoms with Gasteiger partial charge in [0, 0.05) is 11.1 Å². The zero-order valence-corrected chi connectivity index (χ0v) is 22.0. The molecule has 4 aromatic rings. The lowest BCUT2D eigenvalue weighted by molar-refractivity contribution is 0.0977. The molecule has 2 N–H and O–H groups in total. The fourth-order valence-corrected chi connectivity index (χ4v) is 4.25. The molecule has 1 amide bonds. The number of oxazole rings is 1. The van der Waals surface area contributed by atoms with Crippen LogP contribution in [0.1, 0.15) is 35.7 Å². The molecule has 3 aromatic carbocycles. The molecule has 4 rings (SSSR count). The number of amides is 1. The highest BCUT2D eigenvalue weighted by Crippen LogP contribution is 2.33. The van der Waals surface area contributed by atoms with E-state index in [1.807, 2.05) is 30.3 Å². The van der Waals surface area contributed by atoms with Gasteiger partial charge in [0.25, 0.3) is 5.91 Å². The first kappa shape index (κ1) is 24.7. The topological polar surface area (TPSA) is 85.6 Å². The number of aromatic nitrogens is 1. The van der Waals surface area contributed by atoms with Crippen molar-refractivity contribution in [3.8, 4) is 23.0 Å². The maximum absolute atomic E-state index is 12.7. The predicted octanol–water partition coefficient (Wildman–Crippen LogP) is 6.52. The van der Waals surface area contributed by atoms with Gasteiger partial charge in [0.15, 0.2) is 10.7 Å². The van der Waals surface area contributed by atoms with E-state index in [0.717, 1.165) is 11.1 Å². The van der Waals surface area contributed by atoms with E-state index < -0.39 is 0 Å². The molecule has 0 aliphatic rings. The third kappa shape index (κ3) is 5.47. The van der Waals surface area contributed by atoms with Crippen LogP contribution < -0.4 is 20.1 Å². The molecule has 7 nitrogen and oxygen atoms in total. The van der Waals surface area contributed by atoms with Crippen molar-refractivity contribution >= 4 is 56.0 Å². The number of fused-ring (bicyclic) bond motifs is 1. The average Bonchev–Trinajstić information content (AvgIpc) is 3.27. The van der Waals surface area contributed by atoms with Gasteiger partial charge in [-0.2, -0.15) is 0 Å². The minimum Gasteiger partial charge on any atom is -0.496 e. The summed E-state index contributed by atoms with van der Waals surface area (Å²) in [5.41, 5.74) is 4.43. The van der Waals surface area contributed by atoms with E-state index in [9.17, 15) is 4.79 Å². The van der Waals surface area contributed by atoms with Crippen molar-refractivity contribution in [3.63, 3.8) is 0 Å². The van der Waals surface area contributed by atoms with Crippen LogP contribution in [0.15, 0.2) is 63.5 Å². The van der Waals surface area contributed by atoms with E-state index in [4.69, 9.17) is 26.1 Å². The second-order valence-electron chi connectivity index (χ2n) is 8.07. The molecule has 0 unspecified atom stereocenters. The number of anilines is 1. The first-order chi connectivity index (χ1) is 16.8. The Morgan fingerprint density at radius 2 is 1.77 bits per heavy atom. The lowest BCUT2D eigenvalue weighted by Crippen LogP contribution is -2.34. The Bertz CT molecular complexity index is 1420. The van der Waals surface area contributed by atoms with Gasteiger partial charge in [0.05, 0.1) is 24.4 Å². The number of ether oxygens (including phenoxy) is 2. The molecule has 0 aliphatic heterocycles. The summed E-state index contributed by atoms with van der Waals surface area (Å²) in [6.45, 7) is 4.28. The fraction of sp³-hybridized carbons (Fsp3) is 0.192.